The fraction of sp³-hybridized carbons (Fsp3) is 0.312. The Hall–Kier alpha value is -2.25. The third-order valence-electron chi connectivity index (χ3n) is 3.99. The van der Waals surface area contributed by atoms with Crippen molar-refractivity contribution in [2.75, 3.05) is 19.6 Å². The van der Waals surface area contributed by atoms with Gasteiger partial charge < -0.3 is 10.6 Å². The van der Waals surface area contributed by atoms with E-state index in [0.29, 0.717) is 31.9 Å². The van der Waals surface area contributed by atoms with Crippen molar-refractivity contribution in [2.45, 2.75) is 12.6 Å². The molecule has 120 valence electrons. The summed E-state index contributed by atoms with van der Waals surface area (Å²) in [6.45, 7) is 2.12. The number of nitrogens with two attached hydrogens (primary N) is 1. The summed E-state index contributed by atoms with van der Waals surface area (Å²) in [4.78, 5) is 32.0. The lowest BCUT2D eigenvalue weighted by molar-refractivity contribution is -0.125. The molecule has 23 heavy (non-hydrogen) atoms. The lowest BCUT2D eigenvalue weighted by Crippen LogP contribution is -2.58. The van der Waals surface area contributed by atoms with E-state index in [1.165, 1.54) is 11.3 Å². The van der Waals surface area contributed by atoms with Crippen LogP contribution in [0.3, 0.4) is 0 Å². The van der Waals surface area contributed by atoms with E-state index in [9.17, 15) is 9.59 Å². The molecule has 0 saturated carbocycles. The molecule has 0 unspecified atom stereocenters. The number of carbonyl (C=O) groups is 2. The predicted molar refractivity (Wildman–Crippen MR) is 87.9 cm³/mol. The quantitative estimate of drug-likeness (QED) is 0.905. The van der Waals surface area contributed by atoms with E-state index in [1.807, 2.05) is 35.2 Å². The number of hydrogen-bond donors (Lipinski definition) is 1. The Morgan fingerprint density at radius 3 is 2.70 bits per heavy atom. The van der Waals surface area contributed by atoms with Crippen molar-refractivity contribution in [3.05, 3.63) is 52.5 Å². The molecule has 0 bridgehead atoms. The SMILES string of the molecule is NC(=O)[C@@H]1CN(C(=O)c2cscn2)CCN1Cc1ccccc1. The summed E-state index contributed by atoms with van der Waals surface area (Å²) in [6, 6.07) is 9.45. The molecule has 2 amide bonds. The van der Waals surface area contributed by atoms with Crippen molar-refractivity contribution in [3.63, 3.8) is 0 Å². The van der Waals surface area contributed by atoms with Crippen molar-refractivity contribution in [2.24, 2.45) is 5.73 Å². The number of piperazine rings is 1. The Balaban J connectivity index is 1.71. The zero-order valence-electron chi connectivity index (χ0n) is 12.6. The van der Waals surface area contributed by atoms with Gasteiger partial charge in [0.1, 0.15) is 11.7 Å². The molecular weight excluding hydrogens is 312 g/mol. The van der Waals surface area contributed by atoms with Crippen LogP contribution in [0.1, 0.15) is 16.1 Å². The van der Waals surface area contributed by atoms with Crippen LogP contribution in [-0.4, -0.2) is 52.3 Å². The lowest BCUT2D eigenvalue weighted by Gasteiger charge is -2.39. The fourth-order valence-corrected chi connectivity index (χ4v) is 3.29. The lowest BCUT2D eigenvalue weighted by atomic mass is 10.1. The van der Waals surface area contributed by atoms with Crippen LogP contribution >= 0.6 is 11.3 Å². The predicted octanol–water partition coefficient (Wildman–Crippen LogP) is 0.955. The third kappa shape index (κ3) is 3.57. The number of rotatable bonds is 4. The maximum absolute atomic E-state index is 12.4. The monoisotopic (exact) mass is 330 g/mol. The number of nitrogens with zero attached hydrogens (tertiary/aromatic N) is 3. The first-order chi connectivity index (χ1) is 11.1. The number of hydrogen-bond acceptors (Lipinski definition) is 5. The van der Waals surface area contributed by atoms with Gasteiger partial charge in [-0.3, -0.25) is 14.5 Å². The molecular formula is C16H18N4O2S. The van der Waals surface area contributed by atoms with Gasteiger partial charge in [-0.1, -0.05) is 30.3 Å². The molecule has 0 radical (unpaired) electrons. The summed E-state index contributed by atoms with van der Waals surface area (Å²) in [7, 11) is 0. The van der Waals surface area contributed by atoms with E-state index < -0.39 is 11.9 Å². The summed E-state index contributed by atoms with van der Waals surface area (Å²) < 4.78 is 0. The van der Waals surface area contributed by atoms with Gasteiger partial charge in [0.25, 0.3) is 5.91 Å². The number of thiazole rings is 1. The molecule has 6 nitrogen and oxygen atoms in total. The van der Waals surface area contributed by atoms with Gasteiger partial charge in [-0.05, 0) is 5.56 Å². The second-order valence-electron chi connectivity index (χ2n) is 5.50. The number of aromatic nitrogens is 1. The topological polar surface area (TPSA) is 79.5 Å². The van der Waals surface area contributed by atoms with Crippen molar-refractivity contribution < 1.29 is 9.59 Å². The van der Waals surface area contributed by atoms with Crippen LogP contribution < -0.4 is 5.73 Å². The molecule has 2 aromatic rings. The van der Waals surface area contributed by atoms with Gasteiger partial charge in [0.15, 0.2) is 0 Å². The summed E-state index contributed by atoms with van der Waals surface area (Å²) in [5, 5.41) is 1.72. The van der Waals surface area contributed by atoms with Crippen LogP contribution in [-0.2, 0) is 11.3 Å². The number of primary amides is 1. The van der Waals surface area contributed by atoms with Crippen LogP contribution in [0.4, 0.5) is 0 Å². The van der Waals surface area contributed by atoms with E-state index in [1.54, 1.807) is 15.8 Å². The Morgan fingerprint density at radius 2 is 2.04 bits per heavy atom. The molecule has 7 heteroatoms. The first-order valence-corrected chi connectivity index (χ1v) is 8.34. The fourth-order valence-electron chi connectivity index (χ4n) is 2.76. The smallest absolute Gasteiger partial charge is 0.273 e. The Bertz CT molecular complexity index is 675. The average Bonchev–Trinajstić information content (AvgIpc) is 3.10. The normalized spacial score (nSPS) is 18.8. The molecule has 3 rings (SSSR count). The van der Waals surface area contributed by atoms with Gasteiger partial charge in [-0.2, -0.15) is 0 Å². The molecule has 2 N–H and O–H groups in total. The molecule has 0 spiro atoms. The second-order valence-corrected chi connectivity index (χ2v) is 6.22. The summed E-state index contributed by atoms with van der Waals surface area (Å²) >= 11 is 1.38. The van der Waals surface area contributed by atoms with Gasteiger partial charge >= 0.3 is 0 Å². The zero-order chi connectivity index (χ0) is 16.2. The first-order valence-electron chi connectivity index (χ1n) is 7.40. The van der Waals surface area contributed by atoms with Gasteiger partial charge in [-0.25, -0.2) is 4.98 Å². The third-order valence-corrected chi connectivity index (χ3v) is 4.57. The second kappa shape index (κ2) is 6.89. The van der Waals surface area contributed by atoms with Crippen molar-refractivity contribution in [1.29, 1.82) is 0 Å². The minimum Gasteiger partial charge on any atom is -0.368 e. The van der Waals surface area contributed by atoms with Crippen LogP contribution in [0.15, 0.2) is 41.2 Å². The number of carbonyl (C=O) groups excluding carboxylic acids is 2. The molecule has 1 aliphatic heterocycles. The summed E-state index contributed by atoms with van der Waals surface area (Å²) in [5.74, 6) is -0.548. The van der Waals surface area contributed by atoms with Crippen molar-refractivity contribution >= 4 is 23.2 Å². The zero-order valence-corrected chi connectivity index (χ0v) is 13.4. The Labute approximate surface area is 138 Å². The van der Waals surface area contributed by atoms with Gasteiger partial charge in [0.05, 0.1) is 5.51 Å². The Kier molecular flexibility index (Phi) is 4.68. The largest absolute Gasteiger partial charge is 0.368 e. The molecule has 2 heterocycles. The van der Waals surface area contributed by atoms with Crippen molar-refractivity contribution in [1.82, 2.24) is 14.8 Å². The van der Waals surface area contributed by atoms with E-state index in [0.717, 1.165) is 5.56 Å². The molecule has 0 aliphatic carbocycles. The van der Waals surface area contributed by atoms with E-state index in [-0.39, 0.29) is 5.91 Å². The highest BCUT2D eigenvalue weighted by molar-refractivity contribution is 7.07. The summed E-state index contributed by atoms with van der Waals surface area (Å²) in [6.07, 6.45) is 0. The molecule has 1 aromatic carbocycles. The molecule has 1 aromatic heterocycles. The van der Waals surface area contributed by atoms with E-state index >= 15 is 0 Å². The standard InChI is InChI=1S/C16H18N4O2S/c17-15(21)14-9-20(16(22)13-10-23-11-18-13)7-6-19(14)8-12-4-2-1-3-5-12/h1-5,10-11,14H,6-9H2,(H2,17,21)/t14-/m0/s1. The molecule has 1 aliphatic rings. The van der Waals surface area contributed by atoms with Gasteiger partial charge in [-0.15, -0.1) is 11.3 Å². The molecule has 1 saturated heterocycles. The maximum Gasteiger partial charge on any atom is 0.273 e. The summed E-state index contributed by atoms with van der Waals surface area (Å²) in [5.41, 5.74) is 8.74. The molecule has 1 atom stereocenters. The average molecular weight is 330 g/mol. The van der Waals surface area contributed by atoms with Crippen LogP contribution in [0, 0.1) is 0 Å². The van der Waals surface area contributed by atoms with Crippen LogP contribution in [0.5, 0.6) is 0 Å². The number of benzene rings is 1. The minimum absolute atomic E-state index is 0.142. The van der Waals surface area contributed by atoms with Gasteiger partial charge in [0, 0.05) is 31.6 Å². The Morgan fingerprint density at radius 1 is 1.26 bits per heavy atom. The van der Waals surface area contributed by atoms with Crippen LogP contribution in [0.25, 0.3) is 0 Å². The maximum atomic E-state index is 12.4. The van der Waals surface area contributed by atoms with Crippen LogP contribution in [0.2, 0.25) is 0 Å². The highest BCUT2D eigenvalue weighted by Crippen LogP contribution is 2.16. The van der Waals surface area contributed by atoms with Crippen molar-refractivity contribution in [3.8, 4) is 0 Å². The molecule has 1 fully saturated rings. The minimum atomic E-state index is -0.480. The van der Waals surface area contributed by atoms with Gasteiger partial charge in [0.2, 0.25) is 5.91 Å². The highest BCUT2D eigenvalue weighted by atomic mass is 32.1. The van der Waals surface area contributed by atoms with E-state index in [2.05, 4.69) is 4.98 Å². The first kappa shape index (κ1) is 15.6. The van der Waals surface area contributed by atoms with E-state index in [4.69, 9.17) is 5.73 Å². The number of amides is 2. The highest BCUT2D eigenvalue weighted by Gasteiger charge is 2.33.